The molecule has 1 heterocycles. The number of nitrogens with zero attached hydrogens (tertiary/aromatic N) is 2. The van der Waals surface area contributed by atoms with Gasteiger partial charge in [-0.15, -0.1) is 0 Å². The summed E-state index contributed by atoms with van der Waals surface area (Å²) in [5.74, 6) is -0.507. The van der Waals surface area contributed by atoms with Crippen LogP contribution < -0.4 is 4.74 Å². The van der Waals surface area contributed by atoms with Gasteiger partial charge in [-0.25, -0.2) is 4.79 Å². The normalized spacial score (nSPS) is 9.07. The summed E-state index contributed by atoms with van der Waals surface area (Å²) >= 11 is 0. The molecule has 1 aromatic carbocycles. The van der Waals surface area contributed by atoms with E-state index in [1.54, 1.807) is 24.3 Å². The molecule has 2 rings (SSSR count). The molecule has 2 radical (unpaired) electrons. The third kappa shape index (κ3) is 3.12. The van der Waals surface area contributed by atoms with Crippen LogP contribution in [0.4, 0.5) is 0 Å². The van der Waals surface area contributed by atoms with Crippen molar-refractivity contribution in [3.63, 3.8) is 0 Å². The zero-order valence-electron chi connectivity index (χ0n) is 7.79. The van der Waals surface area contributed by atoms with Crippen LogP contribution in [0.5, 0.6) is 6.01 Å². The van der Waals surface area contributed by atoms with E-state index < -0.39 is 5.97 Å². The summed E-state index contributed by atoms with van der Waals surface area (Å²) in [4.78, 5) is 14.9. The standard InChI is InChI=1S/C9H6N2O3.Pb.2H/c12-8(7-4-2-1-3-5-7)14-9-10-6-13-11-9;;;/h1-6H;;;. The van der Waals surface area contributed by atoms with Crippen molar-refractivity contribution in [2.45, 2.75) is 0 Å². The predicted molar refractivity (Wildman–Crippen MR) is 54.2 cm³/mol. The number of rotatable bonds is 2. The first kappa shape index (κ1) is 11.8. The first-order chi connectivity index (χ1) is 6.86. The second-order valence-corrected chi connectivity index (χ2v) is 2.47. The average Bonchev–Trinajstić information content (AvgIpc) is 2.72. The summed E-state index contributed by atoms with van der Waals surface area (Å²) in [5.41, 5.74) is 0.442. The third-order valence-corrected chi connectivity index (χ3v) is 1.53. The fraction of sp³-hybridized carbons (Fsp3) is 0. The van der Waals surface area contributed by atoms with Gasteiger partial charge in [-0.3, -0.25) is 0 Å². The number of carbonyl (C=O) groups is 1. The maximum atomic E-state index is 11.4. The van der Waals surface area contributed by atoms with Gasteiger partial charge < -0.3 is 9.26 Å². The van der Waals surface area contributed by atoms with Crippen LogP contribution in [0.3, 0.4) is 0 Å². The molecule has 0 amide bonds. The molecule has 0 saturated heterocycles. The molecule has 0 bridgehead atoms. The Morgan fingerprint density at radius 2 is 2.00 bits per heavy atom. The van der Waals surface area contributed by atoms with Crippen LogP contribution in [0.1, 0.15) is 10.4 Å². The first-order valence-electron chi connectivity index (χ1n) is 3.90. The van der Waals surface area contributed by atoms with Gasteiger partial charge in [0.05, 0.1) is 5.56 Å². The van der Waals surface area contributed by atoms with Crippen LogP contribution in [0, 0.1) is 0 Å². The molecule has 15 heavy (non-hydrogen) atoms. The molecule has 0 fully saturated rings. The molecule has 0 aliphatic carbocycles. The molecule has 6 heteroatoms. The molecule has 76 valence electrons. The maximum absolute atomic E-state index is 11.4. The van der Waals surface area contributed by atoms with Gasteiger partial charge in [0, 0.05) is 0 Å². The van der Waals surface area contributed by atoms with E-state index >= 15 is 0 Å². The van der Waals surface area contributed by atoms with E-state index in [9.17, 15) is 4.79 Å². The molecule has 0 aliphatic rings. The summed E-state index contributed by atoms with van der Waals surface area (Å²) in [6.45, 7) is 0. The minimum absolute atomic E-state index is 0. The van der Waals surface area contributed by atoms with Gasteiger partial charge in [-0.05, 0) is 17.3 Å². The zero-order chi connectivity index (χ0) is 9.80. The van der Waals surface area contributed by atoms with E-state index in [1.165, 1.54) is 0 Å². The van der Waals surface area contributed by atoms with Gasteiger partial charge >= 0.3 is 39.3 Å². The Hall–Kier alpha value is -1.25. The van der Waals surface area contributed by atoms with E-state index in [-0.39, 0.29) is 33.3 Å². The van der Waals surface area contributed by atoms with Crippen LogP contribution in [0.2, 0.25) is 0 Å². The summed E-state index contributed by atoms with van der Waals surface area (Å²) in [5, 5.41) is 3.35. The number of esters is 1. The van der Waals surface area contributed by atoms with E-state index in [4.69, 9.17) is 4.74 Å². The Labute approximate surface area is 106 Å². The molecule has 0 N–H and O–H groups in total. The molecule has 5 nitrogen and oxygen atoms in total. The van der Waals surface area contributed by atoms with Crippen molar-refractivity contribution < 1.29 is 14.1 Å². The Morgan fingerprint density at radius 3 is 2.60 bits per heavy atom. The van der Waals surface area contributed by atoms with Crippen LogP contribution in [0.15, 0.2) is 41.2 Å². The molecule has 0 atom stereocenters. The Bertz CT molecular complexity index is 416. The fourth-order valence-electron chi connectivity index (χ4n) is 0.922. The topological polar surface area (TPSA) is 65.2 Å². The van der Waals surface area contributed by atoms with Crippen molar-refractivity contribution >= 4 is 33.3 Å². The van der Waals surface area contributed by atoms with Gasteiger partial charge in [0.2, 0.25) is 6.39 Å². The number of hydrogen-bond donors (Lipinski definition) is 0. The summed E-state index contributed by atoms with van der Waals surface area (Å²) in [6, 6.07) is 8.49. The quantitative estimate of drug-likeness (QED) is 0.540. The van der Waals surface area contributed by atoms with E-state index in [0.717, 1.165) is 6.39 Å². The van der Waals surface area contributed by atoms with Gasteiger partial charge in [0.1, 0.15) is 0 Å². The Balaban J connectivity index is 0.00000112. The second kappa shape index (κ2) is 5.59. The SMILES string of the molecule is O=C(Oc1ncon1)c1ccccc1.[PbH2]. The Morgan fingerprint density at radius 1 is 1.27 bits per heavy atom. The van der Waals surface area contributed by atoms with Crippen LogP contribution in [-0.4, -0.2) is 43.4 Å². The molecule has 0 spiro atoms. The van der Waals surface area contributed by atoms with E-state index in [2.05, 4.69) is 14.7 Å². The van der Waals surface area contributed by atoms with Gasteiger partial charge in [0.25, 0.3) is 0 Å². The van der Waals surface area contributed by atoms with Gasteiger partial charge in [-0.2, -0.15) is 4.98 Å². The molecular formula is C9H8N2O3Pb. The van der Waals surface area contributed by atoms with E-state index in [0.29, 0.717) is 5.56 Å². The number of benzene rings is 1. The van der Waals surface area contributed by atoms with Crippen molar-refractivity contribution in [2.24, 2.45) is 0 Å². The third-order valence-electron chi connectivity index (χ3n) is 1.53. The molecular weight excluding hydrogens is 391 g/mol. The summed E-state index contributed by atoms with van der Waals surface area (Å²) in [6.07, 6.45) is 1.09. The molecule has 0 saturated carbocycles. The molecule has 1 aromatic heterocycles. The van der Waals surface area contributed by atoms with Gasteiger partial charge in [0.15, 0.2) is 0 Å². The molecule has 0 unspecified atom stereocenters. The number of carbonyl (C=O) groups excluding carboxylic acids is 1. The fourth-order valence-corrected chi connectivity index (χ4v) is 0.922. The minimum atomic E-state index is -0.507. The monoisotopic (exact) mass is 400 g/mol. The van der Waals surface area contributed by atoms with Crippen LogP contribution >= 0.6 is 0 Å². The predicted octanol–water partition coefficient (Wildman–Crippen LogP) is 0.373. The zero-order valence-corrected chi connectivity index (χ0v) is 13.3. The van der Waals surface area contributed by atoms with Crippen molar-refractivity contribution in [3.05, 3.63) is 42.3 Å². The number of hydrogen-bond acceptors (Lipinski definition) is 5. The van der Waals surface area contributed by atoms with Crippen molar-refractivity contribution in [1.29, 1.82) is 0 Å². The molecule has 2 aromatic rings. The summed E-state index contributed by atoms with van der Waals surface area (Å²) < 4.78 is 9.20. The second-order valence-electron chi connectivity index (χ2n) is 2.47. The number of aromatic nitrogens is 2. The van der Waals surface area contributed by atoms with Crippen LogP contribution in [-0.2, 0) is 0 Å². The average molecular weight is 399 g/mol. The first-order valence-corrected chi connectivity index (χ1v) is 3.90. The summed E-state index contributed by atoms with van der Waals surface area (Å²) in [7, 11) is 0. The van der Waals surface area contributed by atoms with E-state index in [1.807, 2.05) is 6.07 Å². The van der Waals surface area contributed by atoms with Crippen molar-refractivity contribution in [2.75, 3.05) is 0 Å². The molecule has 0 aliphatic heterocycles. The van der Waals surface area contributed by atoms with Crippen molar-refractivity contribution in [3.8, 4) is 6.01 Å². The van der Waals surface area contributed by atoms with Crippen molar-refractivity contribution in [1.82, 2.24) is 10.1 Å². The van der Waals surface area contributed by atoms with Crippen LogP contribution in [0.25, 0.3) is 0 Å². The van der Waals surface area contributed by atoms with Gasteiger partial charge in [-0.1, -0.05) is 18.2 Å². The number of ether oxygens (including phenoxy) is 1. The Kier molecular flexibility index (Phi) is 4.41.